The first kappa shape index (κ1) is 18.4. The molecule has 0 aliphatic carbocycles. The van der Waals surface area contributed by atoms with Crippen LogP contribution >= 0.6 is 0 Å². The average molecular weight is 342 g/mol. The number of esters is 1. The number of benzene rings is 1. The van der Waals surface area contributed by atoms with Gasteiger partial charge in [-0.25, -0.2) is 4.79 Å². The Hall–Kier alpha value is -2.89. The van der Waals surface area contributed by atoms with Crippen molar-refractivity contribution < 1.29 is 19.1 Å². The van der Waals surface area contributed by atoms with Gasteiger partial charge in [0.25, 0.3) is 5.91 Å². The summed E-state index contributed by atoms with van der Waals surface area (Å²) in [6.07, 6.45) is 0. The minimum absolute atomic E-state index is 0.0761. The zero-order valence-corrected chi connectivity index (χ0v) is 15.1. The highest BCUT2D eigenvalue weighted by atomic mass is 16.5. The van der Waals surface area contributed by atoms with E-state index in [1.165, 1.54) is 6.92 Å². The fourth-order valence-corrected chi connectivity index (χ4v) is 2.81. The fraction of sp³-hybridized carbons (Fsp3) is 0.316. The van der Waals surface area contributed by atoms with Crippen LogP contribution in [0, 0.1) is 13.8 Å². The van der Waals surface area contributed by atoms with Crippen molar-refractivity contribution >= 4 is 23.3 Å². The van der Waals surface area contributed by atoms with Crippen LogP contribution in [-0.4, -0.2) is 28.8 Å². The minimum atomic E-state index is -0.455. The van der Waals surface area contributed by atoms with Crippen molar-refractivity contribution in [3.63, 3.8) is 0 Å². The summed E-state index contributed by atoms with van der Waals surface area (Å²) >= 11 is 0. The molecule has 1 heterocycles. The van der Waals surface area contributed by atoms with E-state index < -0.39 is 5.97 Å². The van der Waals surface area contributed by atoms with Gasteiger partial charge in [0.15, 0.2) is 5.78 Å². The van der Waals surface area contributed by atoms with E-state index in [0.717, 1.165) is 0 Å². The number of hydrogen-bond acceptors (Lipinski definition) is 4. The molecule has 0 aliphatic heterocycles. The van der Waals surface area contributed by atoms with Gasteiger partial charge < -0.3 is 14.6 Å². The van der Waals surface area contributed by atoms with Gasteiger partial charge in [-0.05, 0) is 45.4 Å². The van der Waals surface area contributed by atoms with Gasteiger partial charge in [0.1, 0.15) is 5.69 Å². The number of hydrogen-bond donors (Lipinski definition) is 1. The van der Waals surface area contributed by atoms with Crippen molar-refractivity contribution in [3.8, 4) is 0 Å². The first-order valence-corrected chi connectivity index (χ1v) is 8.03. The van der Waals surface area contributed by atoms with E-state index in [-0.39, 0.29) is 18.3 Å². The topological polar surface area (TPSA) is 77.4 Å². The average Bonchev–Trinajstić information content (AvgIpc) is 2.77. The second kappa shape index (κ2) is 7.34. The number of carbonyl (C=O) groups is 3. The van der Waals surface area contributed by atoms with E-state index in [0.29, 0.717) is 33.8 Å². The highest BCUT2D eigenvalue weighted by molar-refractivity contribution is 6.08. The Morgan fingerprint density at radius 3 is 2.48 bits per heavy atom. The van der Waals surface area contributed by atoms with Gasteiger partial charge in [-0.1, -0.05) is 12.1 Å². The molecule has 1 amide bonds. The molecule has 1 aromatic carbocycles. The first-order valence-electron chi connectivity index (χ1n) is 8.03. The van der Waals surface area contributed by atoms with Gasteiger partial charge in [-0.15, -0.1) is 0 Å². The Bertz CT molecular complexity index is 849. The minimum Gasteiger partial charge on any atom is -0.461 e. The molecule has 25 heavy (non-hydrogen) atoms. The number of anilines is 1. The molecule has 1 aromatic heterocycles. The summed E-state index contributed by atoms with van der Waals surface area (Å²) in [5, 5.41) is 2.79. The van der Waals surface area contributed by atoms with E-state index >= 15 is 0 Å². The number of ether oxygens (including phenoxy) is 1. The van der Waals surface area contributed by atoms with Crippen LogP contribution in [0.25, 0.3) is 0 Å². The van der Waals surface area contributed by atoms with Crippen molar-refractivity contribution in [2.75, 3.05) is 11.9 Å². The maximum atomic E-state index is 12.7. The quantitative estimate of drug-likeness (QED) is 0.668. The summed E-state index contributed by atoms with van der Waals surface area (Å²) in [6.45, 7) is 6.97. The Kier molecular flexibility index (Phi) is 5.41. The number of ketones is 1. The van der Waals surface area contributed by atoms with Crippen LogP contribution in [-0.2, 0) is 11.8 Å². The third-order valence-corrected chi connectivity index (χ3v) is 4.15. The number of aromatic nitrogens is 1. The predicted molar refractivity (Wildman–Crippen MR) is 95.2 cm³/mol. The number of Topliss-reactive ketones (excluding diaryl/α,β-unsaturated/α-hetero) is 1. The Balaban J connectivity index is 2.37. The summed E-state index contributed by atoms with van der Waals surface area (Å²) in [4.78, 5) is 36.3. The van der Waals surface area contributed by atoms with Crippen LogP contribution in [0.15, 0.2) is 24.3 Å². The van der Waals surface area contributed by atoms with Crippen LogP contribution in [0.1, 0.15) is 56.3 Å². The maximum absolute atomic E-state index is 12.7. The Morgan fingerprint density at radius 1 is 1.20 bits per heavy atom. The van der Waals surface area contributed by atoms with Crippen molar-refractivity contribution in [2.24, 2.45) is 7.05 Å². The standard InChI is InChI=1S/C19H22N2O4/c1-6-25-19(24)17-11(2)16(12(3)21(17)5)18(23)20-15-9-7-8-14(10-15)13(4)22/h7-10H,6H2,1-5H3,(H,20,23). The molecule has 0 aliphatic rings. The molecule has 0 spiro atoms. The van der Waals surface area contributed by atoms with Crippen LogP contribution in [0.3, 0.4) is 0 Å². The van der Waals surface area contributed by atoms with Crippen molar-refractivity contribution in [3.05, 3.63) is 52.3 Å². The number of nitrogens with one attached hydrogen (secondary N) is 1. The summed E-state index contributed by atoms with van der Waals surface area (Å²) in [5.74, 6) is -0.863. The fourth-order valence-electron chi connectivity index (χ4n) is 2.81. The Morgan fingerprint density at radius 2 is 1.88 bits per heavy atom. The molecule has 2 rings (SSSR count). The van der Waals surface area contributed by atoms with E-state index in [1.54, 1.807) is 56.7 Å². The lowest BCUT2D eigenvalue weighted by Crippen LogP contribution is -2.14. The molecule has 0 unspecified atom stereocenters. The van der Waals surface area contributed by atoms with Crippen LogP contribution in [0.2, 0.25) is 0 Å². The van der Waals surface area contributed by atoms with E-state index in [4.69, 9.17) is 4.74 Å². The SMILES string of the molecule is CCOC(=O)c1c(C)c(C(=O)Nc2cccc(C(C)=O)c2)c(C)n1C. The molecule has 6 heteroatoms. The number of carbonyl (C=O) groups excluding carboxylic acids is 3. The summed E-state index contributed by atoms with van der Waals surface area (Å²) in [7, 11) is 1.72. The molecule has 0 saturated carbocycles. The molecule has 6 nitrogen and oxygen atoms in total. The second-order valence-electron chi connectivity index (χ2n) is 5.80. The van der Waals surface area contributed by atoms with Gasteiger partial charge in [-0.2, -0.15) is 0 Å². The normalized spacial score (nSPS) is 10.4. The lowest BCUT2D eigenvalue weighted by atomic mass is 10.1. The maximum Gasteiger partial charge on any atom is 0.355 e. The van der Waals surface area contributed by atoms with Crippen LogP contribution in [0.4, 0.5) is 5.69 Å². The van der Waals surface area contributed by atoms with E-state index in [9.17, 15) is 14.4 Å². The predicted octanol–water partition coefficient (Wildman–Crippen LogP) is 3.27. The summed E-state index contributed by atoms with van der Waals surface area (Å²) in [6, 6.07) is 6.74. The largest absolute Gasteiger partial charge is 0.461 e. The summed E-state index contributed by atoms with van der Waals surface area (Å²) < 4.78 is 6.73. The molecule has 1 N–H and O–H groups in total. The molecule has 2 aromatic rings. The van der Waals surface area contributed by atoms with E-state index in [2.05, 4.69) is 5.32 Å². The molecule has 0 atom stereocenters. The van der Waals surface area contributed by atoms with Crippen molar-refractivity contribution in [2.45, 2.75) is 27.7 Å². The molecule has 0 saturated heterocycles. The lowest BCUT2D eigenvalue weighted by molar-refractivity contribution is 0.0514. The molecule has 132 valence electrons. The zero-order chi connectivity index (χ0) is 18.7. The third-order valence-electron chi connectivity index (χ3n) is 4.15. The molecule has 0 radical (unpaired) electrons. The summed E-state index contributed by atoms with van der Waals surface area (Å²) in [5.41, 5.74) is 3.07. The van der Waals surface area contributed by atoms with Crippen molar-refractivity contribution in [1.29, 1.82) is 0 Å². The smallest absolute Gasteiger partial charge is 0.355 e. The highest BCUT2D eigenvalue weighted by Crippen LogP contribution is 2.23. The van der Waals surface area contributed by atoms with Crippen LogP contribution < -0.4 is 5.32 Å². The van der Waals surface area contributed by atoms with Gasteiger partial charge >= 0.3 is 5.97 Å². The first-order chi connectivity index (χ1) is 11.8. The number of rotatable bonds is 5. The molecular weight excluding hydrogens is 320 g/mol. The van der Waals surface area contributed by atoms with Crippen molar-refractivity contribution in [1.82, 2.24) is 4.57 Å². The zero-order valence-electron chi connectivity index (χ0n) is 15.1. The third kappa shape index (κ3) is 3.63. The highest BCUT2D eigenvalue weighted by Gasteiger charge is 2.25. The van der Waals surface area contributed by atoms with Gasteiger partial charge in [0.05, 0.1) is 12.2 Å². The molecule has 0 bridgehead atoms. The molecule has 0 fully saturated rings. The lowest BCUT2D eigenvalue weighted by Gasteiger charge is -2.07. The monoisotopic (exact) mass is 342 g/mol. The molecular formula is C19H22N2O4. The Labute approximate surface area is 146 Å². The van der Waals surface area contributed by atoms with Gasteiger partial charge in [-0.3, -0.25) is 9.59 Å². The van der Waals surface area contributed by atoms with Gasteiger partial charge in [0, 0.05) is 24.0 Å². The second-order valence-corrected chi connectivity index (χ2v) is 5.80. The number of nitrogens with zero attached hydrogens (tertiary/aromatic N) is 1. The van der Waals surface area contributed by atoms with Crippen LogP contribution in [0.5, 0.6) is 0 Å². The van der Waals surface area contributed by atoms with E-state index in [1.807, 2.05) is 0 Å². The number of amides is 1. The van der Waals surface area contributed by atoms with Gasteiger partial charge in [0.2, 0.25) is 0 Å².